The van der Waals surface area contributed by atoms with E-state index in [1.807, 2.05) is 18.4 Å². The summed E-state index contributed by atoms with van der Waals surface area (Å²) in [6, 6.07) is 4.72. The lowest BCUT2D eigenvalue weighted by molar-refractivity contribution is -0.123. The molecule has 1 fully saturated rings. The van der Waals surface area contributed by atoms with Crippen LogP contribution >= 0.6 is 11.3 Å². The van der Waals surface area contributed by atoms with Gasteiger partial charge in [-0.2, -0.15) is 0 Å². The summed E-state index contributed by atoms with van der Waals surface area (Å²) in [4.78, 5) is 15.6. The van der Waals surface area contributed by atoms with Gasteiger partial charge in [-0.25, -0.2) is 0 Å². The average molecular weight is 281 g/mol. The van der Waals surface area contributed by atoms with Crippen molar-refractivity contribution in [3.05, 3.63) is 22.4 Å². The minimum absolute atomic E-state index is 0.107. The third-order valence-electron chi connectivity index (χ3n) is 3.48. The molecule has 19 heavy (non-hydrogen) atoms. The standard InChI is InChI=1S/C14H23N3OS/c1-3-6-17(12-8-15-9-12)10-14(18)16-11(2)13-5-4-7-19-13/h4-5,7,11-12,15H,3,6,8-10H2,1-2H3,(H,16,18). The maximum Gasteiger partial charge on any atom is 0.234 e. The van der Waals surface area contributed by atoms with Crippen LogP contribution in [-0.4, -0.2) is 43.0 Å². The molecular weight excluding hydrogens is 258 g/mol. The minimum Gasteiger partial charge on any atom is -0.348 e. The van der Waals surface area contributed by atoms with Crippen LogP contribution in [0.2, 0.25) is 0 Å². The number of carbonyl (C=O) groups excluding carboxylic acids is 1. The van der Waals surface area contributed by atoms with Gasteiger partial charge in [-0.05, 0) is 31.3 Å². The van der Waals surface area contributed by atoms with Gasteiger partial charge in [0, 0.05) is 24.0 Å². The molecule has 1 aliphatic rings. The van der Waals surface area contributed by atoms with Crippen molar-refractivity contribution in [2.24, 2.45) is 0 Å². The molecule has 0 spiro atoms. The summed E-state index contributed by atoms with van der Waals surface area (Å²) in [6.45, 7) is 7.72. The van der Waals surface area contributed by atoms with Crippen molar-refractivity contribution in [1.29, 1.82) is 0 Å². The molecule has 1 atom stereocenters. The van der Waals surface area contributed by atoms with Crippen LogP contribution in [-0.2, 0) is 4.79 Å². The summed E-state index contributed by atoms with van der Waals surface area (Å²) in [5.74, 6) is 0.126. The Morgan fingerprint density at radius 1 is 1.63 bits per heavy atom. The first-order valence-electron chi connectivity index (χ1n) is 6.98. The van der Waals surface area contributed by atoms with Crippen LogP contribution in [0.4, 0.5) is 0 Å². The SMILES string of the molecule is CCCN(CC(=O)NC(C)c1cccs1)C1CNC1. The van der Waals surface area contributed by atoms with Crippen LogP contribution in [0.5, 0.6) is 0 Å². The van der Waals surface area contributed by atoms with Gasteiger partial charge in [-0.1, -0.05) is 13.0 Å². The number of rotatable bonds is 7. The number of nitrogens with zero attached hydrogens (tertiary/aromatic N) is 1. The zero-order chi connectivity index (χ0) is 13.7. The number of nitrogens with one attached hydrogen (secondary N) is 2. The van der Waals surface area contributed by atoms with E-state index in [2.05, 4.69) is 28.5 Å². The van der Waals surface area contributed by atoms with Crippen LogP contribution in [0.1, 0.15) is 31.2 Å². The van der Waals surface area contributed by atoms with Gasteiger partial charge in [-0.15, -0.1) is 11.3 Å². The first kappa shape index (κ1) is 14.5. The minimum atomic E-state index is 0.107. The fraction of sp³-hybridized carbons (Fsp3) is 0.643. The van der Waals surface area contributed by atoms with E-state index < -0.39 is 0 Å². The van der Waals surface area contributed by atoms with Gasteiger partial charge in [-0.3, -0.25) is 9.69 Å². The number of amides is 1. The Labute approximate surface area is 119 Å². The van der Waals surface area contributed by atoms with Crippen LogP contribution in [0.3, 0.4) is 0 Å². The zero-order valence-corrected chi connectivity index (χ0v) is 12.5. The first-order chi connectivity index (χ1) is 9.20. The molecule has 0 aromatic carbocycles. The molecule has 0 bridgehead atoms. The van der Waals surface area contributed by atoms with E-state index in [0.29, 0.717) is 12.6 Å². The van der Waals surface area contributed by atoms with Crippen molar-refractivity contribution in [2.75, 3.05) is 26.2 Å². The highest BCUT2D eigenvalue weighted by atomic mass is 32.1. The summed E-state index contributed by atoms with van der Waals surface area (Å²) in [5.41, 5.74) is 0. The molecule has 2 N–H and O–H groups in total. The van der Waals surface area contributed by atoms with Crippen molar-refractivity contribution in [3.8, 4) is 0 Å². The fourth-order valence-corrected chi connectivity index (χ4v) is 3.02. The molecule has 1 saturated heterocycles. The van der Waals surface area contributed by atoms with E-state index in [-0.39, 0.29) is 11.9 Å². The van der Waals surface area contributed by atoms with Crippen molar-refractivity contribution in [2.45, 2.75) is 32.4 Å². The van der Waals surface area contributed by atoms with Crippen molar-refractivity contribution in [1.82, 2.24) is 15.5 Å². The third-order valence-corrected chi connectivity index (χ3v) is 4.54. The van der Waals surface area contributed by atoms with E-state index in [1.54, 1.807) is 11.3 Å². The second-order valence-electron chi connectivity index (χ2n) is 5.09. The lowest BCUT2D eigenvalue weighted by atomic mass is 10.1. The van der Waals surface area contributed by atoms with Gasteiger partial charge in [0.25, 0.3) is 0 Å². The molecule has 5 heteroatoms. The Balaban J connectivity index is 1.81. The summed E-state index contributed by atoms with van der Waals surface area (Å²) in [6.07, 6.45) is 1.09. The largest absolute Gasteiger partial charge is 0.348 e. The zero-order valence-electron chi connectivity index (χ0n) is 11.7. The molecule has 106 valence electrons. The molecule has 1 aromatic heterocycles. The monoisotopic (exact) mass is 281 g/mol. The second kappa shape index (κ2) is 7.03. The summed E-state index contributed by atoms with van der Waals surface area (Å²) in [5, 5.41) is 8.39. The van der Waals surface area contributed by atoms with Gasteiger partial charge in [0.15, 0.2) is 0 Å². The van der Waals surface area contributed by atoms with E-state index in [1.165, 1.54) is 4.88 Å². The Bertz CT molecular complexity index is 389. The molecule has 0 aliphatic carbocycles. The topological polar surface area (TPSA) is 44.4 Å². The quantitative estimate of drug-likeness (QED) is 0.798. The molecular formula is C14H23N3OS. The highest BCUT2D eigenvalue weighted by molar-refractivity contribution is 7.10. The average Bonchev–Trinajstić information content (AvgIpc) is 2.79. The maximum absolute atomic E-state index is 12.1. The lowest BCUT2D eigenvalue weighted by Gasteiger charge is -2.37. The van der Waals surface area contributed by atoms with E-state index in [9.17, 15) is 4.79 Å². The van der Waals surface area contributed by atoms with Crippen molar-refractivity contribution >= 4 is 17.2 Å². The molecule has 2 rings (SSSR count). The van der Waals surface area contributed by atoms with E-state index in [0.717, 1.165) is 26.1 Å². The number of hydrogen-bond donors (Lipinski definition) is 2. The van der Waals surface area contributed by atoms with Crippen LogP contribution in [0.15, 0.2) is 17.5 Å². The third kappa shape index (κ3) is 4.03. The summed E-state index contributed by atoms with van der Waals surface area (Å²) in [7, 11) is 0. The summed E-state index contributed by atoms with van der Waals surface area (Å²) >= 11 is 1.69. The van der Waals surface area contributed by atoms with E-state index >= 15 is 0 Å². The molecule has 2 heterocycles. The predicted octanol–water partition coefficient (Wildman–Crippen LogP) is 1.61. The molecule has 1 amide bonds. The smallest absolute Gasteiger partial charge is 0.234 e. The van der Waals surface area contributed by atoms with Crippen molar-refractivity contribution < 1.29 is 4.79 Å². The molecule has 1 unspecified atom stereocenters. The Hall–Kier alpha value is -0.910. The van der Waals surface area contributed by atoms with Crippen LogP contribution < -0.4 is 10.6 Å². The number of hydrogen-bond acceptors (Lipinski definition) is 4. The molecule has 0 saturated carbocycles. The van der Waals surface area contributed by atoms with Gasteiger partial charge in [0.05, 0.1) is 12.6 Å². The number of thiophene rings is 1. The molecule has 1 aliphatic heterocycles. The Morgan fingerprint density at radius 2 is 2.42 bits per heavy atom. The van der Waals surface area contributed by atoms with Gasteiger partial charge in [0.1, 0.15) is 0 Å². The molecule has 4 nitrogen and oxygen atoms in total. The lowest BCUT2D eigenvalue weighted by Crippen LogP contribution is -2.59. The Kier molecular flexibility index (Phi) is 5.36. The van der Waals surface area contributed by atoms with Crippen LogP contribution in [0.25, 0.3) is 0 Å². The second-order valence-corrected chi connectivity index (χ2v) is 6.07. The van der Waals surface area contributed by atoms with Gasteiger partial charge in [0.2, 0.25) is 5.91 Å². The van der Waals surface area contributed by atoms with Crippen molar-refractivity contribution in [3.63, 3.8) is 0 Å². The first-order valence-corrected chi connectivity index (χ1v) is 7.86. The number of carbonyl (C=O) groups is 1. The fourth-order valence-electron chi connectivity index (χ4n) is 2.29. The highest BCUT2D eigenvalue weighted by Gasteiger charge is 2.25. The highest BCUT2D eigenvalue weighted by Crippen LogP contribution is 2.18. The molecule has 0 radical (unpaired) electrons. The van der Waals surface area contributed by atoms with Gasteiger partial charge < -0.3 is 10.6 Å². The molecule has 1 aromatic rings. The maximum atomic E-state index is 12.1. The summed E-state index contributed by atoms with van der Waals surface area (Å²) < 4.78 is 0. The Morgan fingerprint density at radius 3 is 2.95 bits per heavy atom. The van der Waals surface area contributed by atoms with E-state index in [4.69, 9.17) is 0 Å². The normalized spacial score (nSPS) is 17.2. The van der Waals surface area contributed by atoms with Crippen LogP contribution in [0, 0.1) is 0 Å². The predicted molar refractivity (Wildman–Crippen MR) is 79.4 cm³/mol. The van der Waals surface area contributed by atoms with Gasteiger partial charge >= 0.3 is 0 Å².